The smallest absolute Gasteiger partial charge is 0.335 e. The van der Waals surface area contributed by atoms with Gasteiger partial charge < -0.3 is 10.0 Å². The van der Waals surface area contributed by atoms with Crippen LogP contribution in [0.5, 0.6) is 0 Å². The molecule has 2 aromatic carbocycles. The maximum absolute atomic E-state index is 12.8. The van der Waals surface area contributed by atoms with Gasteiger partial charge in [-0.2, -0.15) is 0 Å². The molecule has 1 saturated heterocycles. The first-order valence-corrected chi connectivity index (χ1v) is 7.78. The minimum atomic E-state index is -0.983. The number of rotatable bonds is 3. The van der Waals surface area contributed by atoms with E-state index in [4.69, 9.17) is 5.11 Å². The van der Waals surface area contributed by atoms with Crippen LogP contribution in [-0.4, -0.2) is 28.4 Å². The van der Waals surface area contributed by atoms with E-state index in [1.165, 1.54) is 23.3 Å². The first-order chi connectivity index (χ1) is 11.1. The van der Waals surface area contributed by atoms with E-state index in [2.05, 4.69) is 19.1 Å². The highest BCUT2D eigenvalue weighted by Gasteiger charge is 2.31. The number of nitrogens with zero attached hydrogens (tertiary/aromatic N) is 1. The van der Waals surface area contributed by atoms with Crippen molar-refractivity contribution in [1.82, 2.24) is 4.90 Å². The van der Waals surface area contributed by atoms with Crippen molar-refractivity contribution in [2.45, 2.75) is 25.8 Å². The number of aromatic carboxylic acids is 1. The number of carboxylic acids is 1. The van der Waals surface area contributed by atoms with Gasteiger partial charge in [0.15, 0.2) is 0 Å². The van der Waals surface area contributed by atoms with E-state index in [0.717, 1.165) is 19.4 Å². The number of amides is 1. The summed E-state index contributed by atoms with van der Waals surface area (Å²) in [6.07, 6.45) is 1.95. The van der Waals surface area contributed by atoms with Crippen molar-refractivity contribution in [2.24, 2.45) is 0 Å². The predicted molar refractivity (Wildman–Crippen MR) is 87.6 cm³/mol. The summed E-state index contributed by atoms with van der Waals surface area (Å²) in [5.74, 6) is -1.02. The normalized spacial score (nSPS) is 17.3. The zero-order chi connectivity index (χ0) is 16.4. The Bertz CT molecular complexity index is 737. The van der Waals surface area contributed by atoms with Crippen LogP contribution in [0.4, 0.5) is 0 Å². The lowest BCUT2D eigenvalue weighted by Crippen LogP contribution is -2.30. The van der Waals surface area contributed by atoms with Crippen molar-refractivity contribution in [3.8, 4) is 0 Å². The van der Waals surface area contributed by atoms with Crippen LogP contribution < -0.4 is 0 Å². The summed E-state index contributed by atoms with van der Waals surface area (Å²) >= 11 is 0. The molecule has 3 rings (SSSR count). The van der Waals surface area contributed by atoms with Crippen LogP contribution in [0, 0.1) is 6.92 Å². The highest BCUT2D eigenvalue weighted by atomic mass is 16.4. The molecule has 0 aromatic heterocycles. The van der Waals surface area contributed by atoms with Crippen molar-refractivity contribution in [3.05, 3.63) is 70.8 Å². The number of benzene rings is 2. The topological polar surface area (TPSA) is 57.6 Å². The van der Waals surface area contributed by atoms with Crippen molar-refractivity contribution >= 4 is 11.9 Å². The highest BCUT2D eigenvalue weighted by Crippen LogP contribution is 2.34. The minimum Gasteiger partial charge on any atom is -0.478 e. The molecule has 1 aliphatic heterocycles. The molecule has 1 amide bonds. The quantitative estimate of drug-likeness (QED) is 0.941. The van der Waals surface area contributed by atoms with Crippen molar-refractivity contribution in [2.75, 3.05) is 6.54 Å². The summed E-state index contributed by atoms with van der Waals surface area (Å²) in [7, 11) is 0. The summed E-state index contributed by atoms with van der Waals surface area (Å²) in [6, 6.07) is 14.4. The van der Waals surface area contributed by atoms with Gasteiger partial charge in [-0.3, -0.25) is 4.79 Å². The summed E-state index contributed by atoms with van der Waals surface area (Å²) < 4.78 is 0. The van der Waals surface area contributed by atoms with Crippen molar-refractivity contribution < 1.29 is 14.7 Å². The van der Waals surface area contributed by atoms with E-state index < -0.39 is 5.97 Å². The lowest BCUT2D eigenvalue weighted by molar-refractivity contribution is 0.0692. The van der Waals surface area contributed by atoms with E-state index in [1.807, 2.05) is 17.0 Å². The second-order valence-electron chi connectivity index (χ2n) is 5.90. The van der Waals surface area contributed by atoms with E-state index in [0.29, 0.717) is 5.56 Å². The predicted octanol–water partition coefficient (Wildman–Crippen LogP) is 3.67. The maximum Gasteiger partial charge on any atom is 0.335 e. The zero-order valence-corrected chi connectivity index (χ0v) is 13.0. The summed E-state index contributed by atoms with van der Waals surface area (Å²) in [4.78, 5) is 25.6. The molecule has 0 saturated carbocycles. The first-order valence-electron chi connectivity index (χ1n) is 7.78. The molecule has 118 valence electrons. The number of carbonyl (C=O) groups excluding carboxylic acids is 1. The van der Waals surface area contributed by atoms with Crippen LogP contribution in [0.3, 0.4) is 0 Å². The third kappa shape index (κ3) is 2.97. The van der Waals surface area contributed by atoms with Gasteiger partial charge in [-0.25, -0.2) is 4.79 Å². The molecule has 1 fully saturated rings. The van der Waals surface area contributed by atoms with Crippen LogP contribution in [0.15, 0.2) is 48.5 Å². The van der Waals surface area contributed by atoms with Crippen molar-refractivity contribution in [3.63, 3.8) is 0 Å². The van der Waals surface area contributed by atoms with Gasteiger partial charge in [0.05, 0.1) is 11.6 Å². The van der Waals surface area contributed by atoms with Gasteiger partial charge >= 0.3 is 5.97 Å². The van der Waals surface area contributed by atoms with Gasteiger partial charge in [0.25, 0.3) is 5.91 Å². The van der Waals surface area contributed by atoms with Gasteiger partial charge in [0.1, 0.15) is 0 Å². The summed E-state index contributed by atoms with van der Waals surface area (Å²) in [5, 5.41) is 8.95. The molecule has 1 N–H and O–H groups in total. The highest BCUT2D eigenvalue weighted by molar-refractivity contribution is 5.96. The Hall–Kier alpha value is -2.62. The number of carboxylic acid groups (broad SMARTS) is 1. The Morgan fingerprint density at radius 2 is 1.70 bits per heavy atom. The molecule has 2 aromatic rings. The van der Waals surface area contributed by atoms with Crippen LogP contribution >= 0.6 is 0 Å². The molecule has 1 unspecified atom stereocenters. The number of carbonyl (C=O) groups is 2. The lowest BCUT2D eigenvalue weighted by Gasteiger charge is -2.26. The second-order valence-corrected chi connectivity index (χ2v) is 5.90. The third-order valence-corrected chi connectivity index (χ3v) is 4.44. The monoisotopic (exact) mass is 309 g/mol. The fourth-order valence-corrected chi connectivity index (χ4v) is 3.22. The fourth-order valence-electron chi connectivity index (χ4n) is 3.22. The number of aryl methyl sites for hydroxylation is 1. The molecular formula is C19H19NO3. The number of likely N-dealkylation sites (tertiary alicyclic amines) is 1. The third-order valence-electron chi connectivity index (χ3n) is 4.44. The number of hydrogen-bond donors (Lipinski definition) is 1. The Morgan fingerprint density at radius 1 is 1.04 bits per heavy atom. The molecule has 1 aliphatic rings. The summed E-state index contributed by atoms with van der Waals surface area (Å²) in [5.41, 5.74) is 3.12. The van der Waals surface area contributed by atoms with E-state index in [9.17, 15) is 9.59 Å². The molecule has 0 bridgehead atoms. The molecule has 1 heterocycles. The molecule has 0 aliphatic carbocycles. The minimum absolute atomic E-state index is 0.0345. The van der Waals surface area contributed by atoms with Gasteiger partial charge in [-0.1, -0.05) is 24.3 Å². The zero-order valence-electron chi connectivity index (χ0n) is 13.0. The first kappa shape index (κ1) is 15.3. The van der Waals surface area contributed by atoms with Gasteiger partial charge in [-0.05, 0) is 55.2 Å². The van der Waals surface area contributed by atoms with Gasteiger partial charge in [-0.15, -0.1) is 0 Å². The molecule has 0 spiro atoms. The molecule has 23 heavy (non-hydrogen) atoms. The molecular weight excluding hydrogens is 290 g/mol. The van der Waals surface area contributed by atoms with Gasteiger partial charge in [0, 0.05) is 12.1 Å². The average Bonchev–Trinajstić information content (AvgIpc) is 3.04. The van der Waals surface area contributed by atoms with Crippen LogP contribution in [-0.2, 0) is 0 Å². The van der Waals surface area contributed by atoms with Gasteiger partial charge in [0.2, 0.25) is 0 Å². The van der Waals surface area contributed by atoms with E-state index in [1.54, 1.807) is 12.1 Å². The van der Waals surface area contributed by atoms with Crippen LogP contribution in [0.2, 0.25) is 0 Å². The Labute approximate surface area is 135 Å². The molecule has 4 nitrogen and oxygen atoms in total. The summed E-state index contributed by atoms with van der Waals surface area (Å²) in [6.45, 7) is 2.80. The Kier molecular flexibility index (Phi) is 4.15. The molecule has 4 heteroatoms. The SMILES string of the molecule is Cc1ccccc1C1CCCN1C(=O)c1ccc(C(=O)O)cc1. The Balaban J connectivity index is 1.86. The van der Waals surface area contributed by atoms with Crippen LogP contribution in [0.25, 0.3) is 0 Å². The lowest BCUT2D eigenvalue weighted by atomic mass is 9.99. The Morgan fingerprint density at radius 3 is 2.35 bits per heavy atom. The second kappa shape index (κ2) is 6.24. The van der Waals surface area contributed by atoms with E-state index >= 15 is 0 Å². The maximum atomic E-state index is 12.8. The molecule has 0 radical (unpaired) electrons. The van der Waals surface area contributed by atoms with E-state index in [-0.39, 0.29) is 17.5 Å². The standard InChI is InChI=1S/C19H19NO3/c1-13-5-2-3-6-16(13)17-7-4-12-20(17)18(21)14-8-10-15(11-9-14)19(22)23/h2-3,5-6,8-11,17H,4,7,12H2,1H3,(H,22,23). The molecule has 1 atom stereocenters. The van der Waals surface area contributed by atoms with Crippen molar-refractivity contribution in [1.29, 1.82) is 0 Å². The van der Waals surface area contributed by atoms with Crippen LogP contribution in [0.1, 0.15) is 50.7 Å². The number of hydrogen-bond acceptors (Lipinski definition) is 2. The largest absolute Gasteiger partial charge is 0.478 e. The fraction of sp³-hybridized carbons (Fsp3) is 0.263. The average molecular weight is 309 g/mol.